The van der Waals surface area contributed by atoms with E-state index in [-0.39, 0.29) is 0 Å². The zero-order valence-corrected chi connectivity index (χ0v) is 16.0. The van der Waals surface area contributed by atoms with Crippen molar-refractivity contribution < 1.29 is 8.42 Å². The summed E-state index contributed by atoms with van der Waals surface area (Å²) in [5.41, 5.74) is 10.4. The Hall–Kier alpha value is -2.45. The van der Waals surface area contributed by atoms with Crippen LogP contribution >= 0.6 is 0 Å². The van der Waals surface area contributed by atoms with Crippen molar-refractivity contribution in [2.45, 2.75) is 26.7 Å². The third kappa shape index (κ3) is 3.56. The maximum absolute atomic E-state index is 11.6. The summed E-state index contributed by atoms with van der Waals surface area (Å²) in [5, 5.41) is 0. The molecule has 0 unspecified atom stereocenters. The zero-order chi connectivity index (χ0) is 18.9. The Balaban J connectivity index is 2.15. The van der Waals surface area contributed by atoms with Crippen LogP contribution in [0.4, 0.5) is 5.69 Å². The van der Waals surface area contributed by atoms with Gasteiger partial charge < -0.3 is 5.73 Å². The van der Waals surface area contributed by atoms with Crippen molar-refractivity contribution in [2.24, 2.45) is 5.73 Å². The second-order valence-electron chi connectivity index (χ2n) is 6.27. The topological polar surface area (TPSA) is 103 Å². The number of nitrogens with one attached hydrogen (secondary N) is 1. The molecule has 0 aliphatic carbocycles. The average molecular weight is 373 g/mol. The van der Waals surface area contributed by atoms with Gasteiger partial charge in [-0.1, -0.05) is 19.1 Å². The van der Waals surface area contributed by atoms with Gasteiger partial charge in [-0.2, -0.15) is 0 Å². The van der Waals surface area contributed by atoms with E-state index >= 15 is 0 Å². The fraction of sp³-hybridized carbons (Fsp3) is 0.333. The summed E-state index contributed by atoms with van der Waals surface area (Å²) in [7, 11) is -3.37. The molecular formula is C18H23N5O2S. The third-order valence-electron chi connectivity index (χ3n) is 4.24. The molecular weight excluding hydrogens is 350 g/mol. The number of pyridine rings is 1. The molecule has 0 bridgehead atoms. The predicted octanol–water partition coefficient (Wildman–Crippen LogP) is 2.16. The minimum atomic E-state index is -3.37. The summed E-state index contributed by atoms with van der Waals surface area (Å²) >= 11 is 0. The third-order valence-corrected chi connectivity index (χ3v) is 4.83. The lowest BCUT2D eigenvalue weighted by Gasteiger charge is -2.10. The highest BCUT2D eigenvalue weighted by Gasteiger charge is 2.17. The van der Waals surface area contributed by atoms with Gasteiger partial charge in [0.05, 0.1) is 18.1 Å². The predicted molar refractivity (Wildman–Crippen MR) is 104 cm³/mol. The highest BCUT2D eigenvalue weighted by Crippen LogP contribution is 2.27. The highest BCUT2D eigenvalue weighted by atomic mass is 32.2. The van der Waals surface area contributed by atoms with Gasteiger partial charge in [0, 0.05) is 17.7 Å². The number of hydrogen-bond donors (Lipinski definition) is 2. The van der Waals surface area contributed by atoms with E-state index in [2.05, 4.69) is 21.8 Å². The van der Waals surface area contributed by atoms with Crippen molar-refractivity contribution in [1.29, 1.82) is 0 Å². The van der Waals surface area contributed by atoms with Crippen LogP contribution in [0.5, 0.6) is 0 Å². The lowest BCUT2D eigenvalue weighted by molar-refractivity contribution is 0.606. The van der Waals surface area contributed by atoms with Crippen LogP contribution in [0.2, 0.25) is 0 Å². The van der Waals surface area contributed by atoms with Gasteiger partial charge in [0.25, 0.3) is 0 Å². The summed E-state index contributed by atoms with van der Waals surface area (Å²) < 4.78 is 27.6. The standard InChI is InChI=1S/C18H23N5O2S/c1-4-16-21-17-12(2)15(22-26(3,24)25)11-20-18(17)23(16)14-7-5-13(6-8-14)9-10-19/h5-8,11,22H,4,9-10,19H2,1-3H3. The molecule has 0 aliphatic rings. The van der Waals surface area contributed by atoms with Crippen LogP contribution < -0.4 is 10.5 Å². The SMILES string of the molecule is CCc1nc2c(C)c(NS(C)(=O)=O)cnc2n1-c1ccc(CCN)cc1. The molecule has 0 radical (unpaired) electrons. The van der Waals surface area contributed by atoms with Crippen LogP contribution in [-0.2, 0) is 22.9 Å². The lowest BCUT2D eigenvalue weighted by atomic mass is 10.1. The smallest absolute Gasteiger partial charge is 0.229 e. The number of hydrogen-bond acceptors (Lipinski definition) is 5. The largest absolute Gasteiger partial charge is 0.330 e. The molecule has 8 heteroatoms. The van der Waals surface area contributed by atoms with Gasteiger partial charge in [-0.05, 0) is 37.6 Å². The van der Waals surface area contributed by atoms with E-state index in [1.807, 2.05) is 30.5 Å². The fourth-order valence-corrected chi connectivity index (χ4v) is 3.57. The molecule has 3 aromatic rings. The number of aryl methyl sites for hydroxylation is 2. The molecule has 3 N–H and O–H groups in total. The first-order valence-electron chi connectivity index (χ1n) is 8.48. The summed E-state index contributed by atoms with van der Waals surface area (Å²) in [4.78, 5) is 9.19. The molecule has 0 saturated heterocycles. The zero-order valence-electron chi connectivity index (χ0n) is 15.2. The van der Waals surface area contributed by atoms with Gasteiger partial charge in [-0.25, -0.2) is 18.4 Å². The average Bonchev–Trinajstić information content (AvgIpc) is 2.97. The molecule has 0 spiro atoms. The number of aromatic nitrogens is 3. The van der Waals surface area contributed by atoms with Gasteiger partial charge in [0.15, 0.2) is 5.65 Å². The Labute approximate surface area is 153 Å². The van der Waals surface area contributed by atoms with Crippen molar-refractivity contribution in [3.05, 3.63) is 47.4 Å². The number of anilines is 1. The second-order valence-corrected chi connectivity index (χ2v) is 8.01. The number of nitrogens with two attached hydrogens (primary N) is 1. The molecule has 0 saturated carbocycles. The van der Waals surface area contributed by atoms with Crippen molar-refractivity contribution in [3.8, 4) is 5.69 Å². The van der Waals surface area contributed by atoms with Crippen LogP contribution in [0.15, 0.2) is 30.5 Å². The van der Waals surface area contributed by atoms with E-state index in [0.717, 1.165) is 36.2 Å². The molecule has 1 aromatic carbocycles. The van der Waals surface area contributed by atoms with E-state index in [1.54, 1.807) is 6.20 Å². The van der Waals surface area contributed by atoms with Crippen molar-refractivity contribution in [3.63, 3.8) is 0 Å². The number of rotatable bonds is 6. The van der Waals surface area contributed by atoms with E-state index in [9.17, 15) is 8.42 Å². The van der Waals surface area contributed by atoms with Crippen molar-refractivity contribution in [2.75, 3.05) is 17.5 Å². The molecule has 0 amide bonds. The second kappa shape index (κ2) is 7.05. The van der Waals surface area contributed by atoms with E-state index in [0.29, 0.717) is 23.4 Å². The minimum absolute atomic E-state index is 0.450. The molecule has 2 heterocycles. The lowest BCUT2D eigenvalue weighted by Crippen LogP contribution is -2.11. The first-order valence-corrected chi connectivity index (χ1v) is 10.4. The van der Waals surface area contributed by atoms with Crippen molar-refractivity contribution >= 4 is 26.9 Å². The number of fused-ring (bicyclic) bond motifs is 1. The van der Waals surface area contributed by atoms with E-state index < -0.39 is 10.0 Å². The molecule has 138 valence electrons. The van der Waals surface area contributed by atoms with Crippen LogP contribution in [0.1, 0.15) is 23.9 Å². The van der Waals surface area contributed by atoms with Crippen LogP contribution in [0.3, 0.4) is 0 Å². The Kier molecular flexibility index (Phi) is 4.97. The number of benzene rings is 1. The first kappa shape index (κ1) is 18.3. The molecule has 0 fully saturated rings. The summed E-state index contributed by atoms with van der Waals surface area (Å²) in [5.74, 6) is 0.874. The Bertz CT molecular complexity index is 1040. The number of sulfonamides is 1. The Morgan fingerprint density at radius 1 is 1.23 bits per heavy atom. The molecule has 0 aliphatic heterocycles. The molecule has 2 aromatic heterocycles. The van der Waals surface area contributed by atoms with Gasteiger partial charge in [-0.3, -0.25) is 9.29 Å². The monoisotopic (exact) mass is 373 g/mol. The van der Waals surface area contributed by atoms with Gasteiger partial charge in [0.1, 0.15) is 11.3 Å². The molecule has 7 nitrogen and oxygen atoms in total. The van der Waals surface area contributed by atoms with Crippen molar-refractivity contribution in [1.82, 2.24) is 14.5 Å². The number of nitrogens with zero attached hydrogens (tertiary/aromatic N) is 3. The van der Waals surface area contributed by atoms with Crippen LogP contribution in [0.25, 0.3) is 16.9 Å². The molecule has 0 atom stereocenters. The Morgan fingerprint density at radius 3 is 2.50 bits per heavy atom. The quantitative estimate of drug-likeness (QED) is 0.689. The van der Waals surface area contributed by atoms with E-state index in [4.69, 9.17) is 10.7 Å². The maximum Gasteiger partial charge on any atom is 0.229 e. The van der Waals surface area contributed by atoms with Crippen LogP contribution in [0, 0.1) is 6.92 Å². The Morgan fingerprint density at radius 2 is 1.92 bits per heavy atom. The summed E-state index contributed by atoms with van der Waals surface area (Å²) in [6, 6.07) is 8.18. The van der Waals surface area contributed by atoms with Gasteiger partial charge in [-0.15, -0.1) is 0 Å². The minimum Gasteiger partial charge on any atom is -0.330 e. The molecule has 26 heavy (non-hydrogen) atoms. The normalized spacial score (nSPS) is 11.8. The number of imidazole rings is 1. The summed E-state index contributed by atoms with van der Waals surface area (Å²) in [6.07, 6.45) is 4.23. The van der Waals surface area contributed by atoms with Gasteiger partial charge >= 0.3 is 0 Å². The highest BCUT2D eigenvalue weighted by molar-refractivity contribution is 7.92. The van der Waals surface area contributed by atoms with Crippen LogP contribution in [-0.4, -0.2) is 35.8 Å². The van der Waals surface area contributed by atoms with Gasteiger partial charge in [0.2, 0.25) is 10.0 Å². The summed E-state index contributed by atoms with van der Waals surface area (Å²) in [6.45, 7) is 4.49. The molecule has 3 rings (SSSR count). The van der Waals surface area contributed by atoms with E-state index in [1.165, 1.54) is 5.56 Å². The fourth-order valence-electron chi connectivity index (χ4n) is 2.97. The maximum atomic E-state index is 11.6. The first-order chi connectivity index (χ1) is 12.3.